The molecule has 1 N–H and O–H groups in total. The Morgan fingerprint density at radius 1 is 1.48 bits per heavy atom. The van der Waals surface area contributed by atoms with Crippen LogP contribution < -0.4 is 5.32 Å². The highest BCUT2D eigenvalue weighted by Crippen LogP contribution is 2.02. The lowest BCUT2D eigenvalue weighted by atomic mass is 10.3. The van der Waals surface area contributed by atoms with Crippen molar-refractivity contribution < 1.29 is 21.7 Å². The van der Waals surface area contributed by atoms with Crippen LogP contribution in [0.2, 0.25) is 0 Å². The standard InChI is InChI=1S/C12H22N3.CH4O4S/c1-4-6-12-14(3)10-11-15(12)9-8-13-7-5-2;1-5-6(2,3)4/h4-5,13H,1-2,6-11H2,3H3;1H3,(H,2,3,4)/q+1;/p-1. The maximum Gasteiger partial charge on any atom is 0.250 e. The first-order chi connectivity index (χ1) is 9.85. The number of hydrogen-bond donors (Lipinski definition) is 1. The summed E-state index contributed by atoms with van der Waals surface area (Å²) in [7, 11) is -1.46. The van der Waals surface area contributed by atoms with E-state index in [-0.39, 0.29) is 0 Å². The van der Waals surface area contributed by atoms with Crippen LogP contribution in [0.15, 0.2) is 25.3 Å². The zero-order valence-electron chi connectivity index (χ0n) is 12.7. The fourth-order valence-corrected chi connectivity index (χ4v) is 1.84. The second kappa shape index (κ2) is 10.5. The van der Waals surface area contributed by atoms with E-state index in [1.54, 1.807) is 0 Å². The van der Waals surface area contributed by atoms with Crippen LogP contribution in [0.5, 0.6) is 0 Å². The summed E-state index contributed by atoms with van der Waals surface area (Å²) in [5.74, 6) is 1.39. The topological polar surface area (TPSA) is 84.7 Å². The predicted molar refractivity (Wildman–Crippen MR) is 82.2 cm³/mol. The van der Waals surface area contributed by atoms with Crippen LogP contribution >= 0.6 is 0 Å². The average Bonchev–Trinajstić information content (AvgIpc) is 2.77. The van der Waals surface area contributed by atoms with Gasteiger partial charge in [0.1, 0.15) is 13.1 Å². The summed E-state index contributed by atoms with van der Waals surface area (Å²) in [6.45, 7) is 12.7. The van der Waals surface area contributed by atoms with Crippen molar-refractivity contribution in [3.05, 3.63) is 25.3 Å². The molecule has 0 aromatic rings. The van der Waals surface area contributed by atoms with Crippen molar-refractivity contribution in [1.82, 2.24) is 10.2 Å². The van der Waals surface area contributed by atoms with Gasteiger partial charge in [-0.3, -0.25) is 13.7 Å². The van der Waals surface area contributed by atoms with Crippen molar-refractivity contribution in [2.45, 2.75) is 6.42 Å². The number of nitrogens with zero attached hydrogens (tertiary/aromatic N) is 2. The summed E-state index contributed by atoms with van der Waals surface area (Å²) < 4.78 is 33.4. The minimum Gasteiger partial charge on any atom is -0.726 e. The molecule has 1 heterocycles. The molecule has 0 radical (unpaired) electrons. The van der Waals surface area contributed by atoms with Gasteiger partial charge in [0.25, 0.3) is 5.84 Å². The quantitative estimate of drug-likeness (QED) is 0.219. The summed E-state index contributed by atoms with van der Waals surface area (Å²) >= 11 is 0. The Morgan fingerprint density at radius 2 is 2.10 bits per heavy atom. The molecule has 0 amide bonds. The smallest absolute Gasteiger partial charge is 0.250 e. The Bertz CT molecular complexity index is 460. The highest BCUT2D eigenvalue weighted by Gasteiger charge is 2.24. The average molecular weight is 319 g/mol. The molecule has 0 atom stereocenters. The first-order valence-electron chi connectivity index (χ1n) is 6.61. The van der Waals surface area contributed by atoms with Crippen LogP contribution in [-0.2, 0) is 14.6 Å². The van der Waals surface area contributed by atoms with Crippen molar-refractivity contribution >= 4 is 16.2 Å². The van der Waals surface area contributed by atoms with Crippen LogP contribution in [0.1, 0.15) is 6.42 Å². The lowest BCUT2D eigenvalue weighted by molar-refractivity contribution is -0.517. The van der Waals surface area contributed by atoms with Crippen molar-refractivity contribution in [2.24, 2.45) is 0 Å². The maximum atomic E-state index is 9.22. The van der Waals surface area contributed by atoms with Crippen molar-refractivity contribution in [3.63, 3.8) is 0 Å². The van der Waals surface area contributed by atoms with Crippen LogP contribution in [0.25, 0.3) is 0 Å². The van der Waals surface area contributed by atoms with Crippen LogP contribution in [-0.4, -0.2) is 75.2 Å². The van der Waals surface area contributed by atoms with E-state index in [4.69, 9.17) is 0 Å². The molecule has 0 fully saturated rings. The SMILES string of the molecule is C=CCNCC[N+]1=C(CC=C)N(C)CC1.COS(=O)(=O)[O-]. The van der Waals surface area contributed by atoms with Gasteiger partial charge in [0, 0.05) is 13.1 Å². The molecule has 1 aliphatic rings. The van der Waals surface area contributed by atoms with E-state index in [0.29, 0.717) is 0 Å². The van der Waals surface area contributed by atoms with Crippen LogP contribution in [0.3, 0.4) is 0 Å². The lowest BCUT2D eigenvalue weighted by Gasteiger charge is -2.06. The van der Waals surface area contributed by atoms with Gasteiger partial charge in [-0.15, -0.1) is 13.2 Å². The number of hydrogen-bond acceptors (Lipinski definition) is 6. The second-order valence-corrected chi connectivity index (χ2v) is 5.54. The summed E-state index contributed by atoms with van der Waals surface area (Å²) in [6.07, 6.45) is 4.84. The maximum absolute atomic E-state index is 9.22. The van der Waals surface area contributed by atoms with Crippen molar-refractivity contribution in [1.29, 1.82) is 0 Å². The molecule has 0 unspecified atom stereocenters. The molecule has 0 aliphatic carbocycles. The first-order valence-corrected chi connectivity index (χ1v) is 7.95. The van der Waals surface area contributed by atoms with Gasteiger partial charge >= 0.3 is 0 Å². The summed E-state index contributed by atoms with van der Waals surface area (Å²) in [4.78, 5) is 2.31. The largest absolute Gasteiger partial charge is 0.726 e. The lowest BCUT2D eigenvalue weighted by Crippen LogP contribution is -2.29. The fourth-order valence-electron chi connectivity index (χ4n) is 1.84. The van der Waals surface area contributed by atoms with Gasteiger partial charge in [-0.2, -0.15) is 0 Å². The molecule has 0 bridgehead atoms. The summed E-state index contributed by atoms with van der Waals surface area (Å²) in [6, 6.07) is 0. The van der Waals surface area contributed by atoms with E-state index >= 15 is 0 Å². The Hall–Kier alpha value is -1.22. The summed E-state index contributed by atoms with van der Waals surface area (Å²) in [5.41, 5.74) is 0. The van der Waals surface area contributed by atoms with Gasteiger partial charge < -0.3 is 9.87 Å². The molecule has 0 aromatic heterocycles. The Labute approximate surface area is 127 Å². The molecule has 122 valence electrons. The Kier molecular flexibility index (Phi) is 9.89. The van der Waals surface area contributed by atoms with E-state index in [1.807, 2.05) is 12.2 Å². The molecule has 0 aromatic carbocycles. The van der Waals surface area contributed by atoms with Gasteiger partial charge in [-0.25, -0.2) is 8.42 Å². The molecule has 0 saturated heterocycles. The normalized spacial score (nSPS) is 14.7. The van der Waals surface area contributed by atoms with Gasteiger partial charge in [-0.05, 0) is 0 Å². The van der Waals surface area contributed by atoms with Crippen LogP contribution in [0.4, 0.5) is 0 Å². The van der Waals surface area contributed by atoms with E-state index in [1.165, 1.54) is 5.84 Å². The molecule has 8 heteroatoms. The third kappa shape index (κ3) is 9.35. The monoisotopic (exact) mass is 319 g/mol. The fraction of sp³-hybridized carbons (Fsp3) is 0.615. The highest BCUT2D eigenvalue weighted by molar-refractivity contribution is 7.80. The summed E-state index contributed by atoms with van der Waals surface area (Å²) in [5, 5.41) is 3.32. The molecular formula is C13H25N3O4S. The van der Waals surface area contributed by atoms with E-state index < -0.39 is 10.4 Å². The number of likely N-dealkylation sites (N-methyl/N-ethyl adjacent to an activating group) is 1. The minimum absolute atomic E-state index is 0.808. The van der Waals surface area contributed by atoms with Crippen molar-refractivity contribution in [2.75, 3.05) is 46.9 Å². The molecule has 0 spiro atoms. The van der Waals surface area contributed by atoms with E-state index in [9.17, 15) is 13.0 Å². The van der Waals surface area contributed by atoms with Crippen molar-refractivity contribution in [3.8, 4) is 0 Å². The number of amidine groups is 1. The highest BCUT2D eigenvalue weighted by atomic mass is 32.3. The van der Waals surface area contributed by atoms with E-state index in [2.05, 4.69) is 39.2 Å². The second-order valence-electron chi connectivity index (χ2n) is 4.39. The molecule has 1 rings (SSSR count). The predicted octanol–water partition coefficient (Wildman–Crippen LogP) is -0.212. The third-order valence-corrected chi connectivity index (χ3v) is 3.30. The Balaban J connectivity index is 0.000000567. The Morgan fingerprint density at radius 3 is 2.57 bits per heavy atom. The molecule has 0 saturated carbocycles. The third-order valence-electron chi connectivity index (χ3n) is 2.89. The minimum atomic E-state index is -4.41. The molecule has 7 nitrogen and oxygen atoms in total. The zero-order chi connectivity index (χ0) is 16.3. The van der Waals surface area contributed by atoms with Gasteiger partial charge in [0.2, 0.25) is 10.4 Å². The number of rotatable bonds is 8. The van der Waals surface area contributed by atoms with Gasteiger partial charge in [-0.1, -0.05) is 12.2 Å². The van der Waals surface area contributed by atoms with Gasteiger partial charge in [0.05, 0.1) is 27.1 Å². The molecule has 21 heavy (non-hydrogen) atoms. The van der Waals surface area contributed by atoms with Gasteiger partial charge in [0.15, 0.2) is 0 Å². The van der Waals surface area contributed by atoms with E-state index in [0.717, 1.165) is 46.3 Å². The van der Waals surface area contributed by atoms with Crippen LogP contribution in [0, 0.1) is 0 Å². The molecule has 1 aliphatic heterocycles. The molecular weight excluding hydrogens is 294 g/mol. The number of nitrogens with one attached hydrogen (secondary N) is 1. The zero-order valence-corrected chi connectivity index (χ0v) is 13.6. The first kappa shape index (κ1) is 19.8.